The summed E-state index contributed by atoms with van der Waals surface area (Å²) in [6.07, 6.45) is -1.80. The summed E-state index contributed by atoms with van der Waals surface area (Å²) in [6, 6.07) is -1.11. The molecule has 8 N–H and O–H groups in total. The Morgan fingerprint density at radius 1 is 1.23 bits per heavy atom. The molecule has 6 atom stereocenters. The molecule has 2 aromatic heterocycles. The Kier molecular flexibility index (Phi) is 6.72. The molecule has 1 aliphatic rings. The van der Waals surface area contributed by atoms with Gasteiger partial charge in [-0.25, -0.2) is 19.7 Å². The lowest BCUT2D eigenvalue weighted by Gasteiger charge is -2.16. The molecule has 164 valence electrons. The van der Waals surface area contributed by atoms with Crippen LogP contribution < -0.4 is 11.5 Å². The number of carbonyl (C=O) groups is 2. The number of nitrogens with zero attached hydrogens (tertiary/aromatic N) is 4. The molecule has 13 nitrogen and oxygen atoms in total. The number of aliphatic hydroxyl groups excluding tert-OH is 2. The SMILES string of the molecule is Nc1ncnc2c1ncn2[C@@H]1O[C@H](C[S+](CC[C@H](N)C(=O)O)CC(=O)O)[C@@H](O)[C@H]1O. The maximum absolute atomic E-state index is 11.2. The number of aliphatic carboxylic acids is 2. The van der Waals surface area contributed by atoms with Crippen molar-refractivity contribution in [1.29, 1.82) is 0 Å². The van der Waals surface area contributed by atoms with Crippen molar-refractivity contribution in [3.8, 4) is 0 Å². The molecule has 1 fully saturated rings. The molecule has 1 unspecified atom stereocenters. The molecule has 0 aromatic carbocycles. The van der Waals surface area contributed by atoms with Gasteiger partial charge in [-0.15, -0.1) is 0 Å². The summed E-state index contributed by atoms with van der Waals surface area (Å²) in [5.74, 6) is -1.94. The Labute approximate surface area is 173 Å². The number of nitrogen functional groups attached to an aromatic ring is 1. The number of rotatable bonds is 9. The Hall–Kier alpha value is -2.52. The van der Waals surface area contributed by atoms with E-state index in [9.17, 15) is 19.8 Å². The average Bonchev–Trinajstić information content (AvgIpc) is 3.22. The van der Waals surface area contributed by atoms with E-state index in [1.165, 1.54) is 17.2 Å². The first-order chi connectivity index (χ1) is 14.2. The molecule has 30 heavy (non-hydrogen) atoms. The predicted molar refractivity (Wildman–Crippen MR) is 105 cm³/mol. The maximum atomic E-state index is 11.2. The third-order valence-corrected chi connectivity index (χ3v) is 7.03. The van der Waals surface area contributed by atoms with Crippen LogP contribution >= 0.6 is 0 Å². The van der Waals surface area contributed by atoms with Crippen molar-refractivity contribution < 1.29 is 34.8 Å². The van der Waals surface area contributed by atoms with Gasteiger partial charge in [0.15, 0.2) is 17.7 Å². The second-order valence-corrected chi connectivity index (χ2v) is 9.14. The van der Waals surface area contributed by atoms with Crippen LogP contribution in [-0.4, -0.2) is 93.5 Å². The van der Waals surface area contributed by atoms with Gasteiger partial charge in [0.25, 0.3) is 0 Å². The number of fused-ring (bicyclic) bond motifs is 1. The van der Waals surface area contributed by atoms with Crippen LogP contribution in [0, 0.1) is 0 Å². The fourth-order valence-electron chi connectivity index (χ4n) is 3.19. The molecule has 0 radical (unpaired) electrons. The third-order valence-electron chi connectivity index (χ3n) is 4.76. The van der Waals surface area contributed by atoms with Crippen LogP contribution in [0.15, 0.2) is 12.7 Å². The Bertz CT molecular complexity index is 927. The average molecular weight is 443 g/mol. The molecule has 1 aliphatic heterocycles. The number of ether oxygens (including phenoxy) is 1. The molecule has 0 aliphatic carbocycles. The topological polar surface area (TPSA) is 220 Å². The van der Waals surface area contributed by atoms with E-state index in [0.29, 0.717) is 11.2 Å². The summed E-state index contributed by atoms with van der Waals surface area (Å²) in [5, 5.41) is 39.1. The maximum Gasteiger partial charge on any atom is 0.353 e. The molecule has 3 heterocycles. The van der Waals surface area contributed by atoms with E-state index < -0.39 is 53.4 Å². The summed E-state index contributed by atoms with van der Waals surface area (Å²) >= 11 is 0. The molecular weight excluding hydrogens is 420 g/mol. The predicted octanol–water partition coefficient (Wildman–Crippen LogP) is -2.47. The Balaban J connectivity index is 1.74. The highest BCUT2D eigenvalue weighted by Gasteiger charge is 2.47. The van der Waals surface area contributed by atoms with Crippen molar-refractivity contribution in [1.82, 2.24) is 19.5 Å². The quantitative estimate of drug-likeness (QED) is 0.222. The minimum absolute atomic E-state index is 0.0862. The van der Waals surface area contributed by atoms with Crippen molar-refractivity contribution >= 4 is 39.8 Å². The molecular formula is C16H23N6O7S+. The van der Waals surface area contributed by atoms with Gasteiger partial charge in [-0.05, 0) is 0 Å². The summed E-state index contributed by atoms with van der Waals surface area (Å²) < 4.78 is 7.26. The normalized spacial score (nSPS) is 26.0. The number of carboxylic acids is 2. The number of aromatic nitrogens is 4. The smallest absolute Gasteiger partial charge is 0.353 e. The minimum atomic E-state index is -1.32. The van der Waals surface area contributed by atoms with Crippen LogP contribution in [-0.2, 0) is 25.2 Å². The highest BCUT2D eigenvalue weighted by molar-refractivity contribution is 7.97. The van der Waals surface area contributed by atoms with Gasteiger partial charge in [0.1, 0.15) is 47.7 Å². The van der Waals surface area contributed by atoms with Crippen molar-refractivity contribution in [3.05, 3.63) is 12.7 Å². The van der Waals surface area contributed by atoms with Gasteiger partial charge in [-0.1, -0.05) is 0 Å². The first-order valence-electron chi connectivity index (χ1n) is 8.98. The molecule has 14 heteroatoms. The first-order valence-corrected chi connectivity index (χ1v) is 10.7. The summed E-state index contributed by atoms with van der Waals surface area (Å²) in [4.78, 5) is 34.2. The number of imidazole rings is 1. The van der Waals surface area contributed by atoms with Crippen molar-refractivity contribution in [2.24, 2.45) is 5.73 Å². The molecule has 0 amide bonds. The molecule has 2 aromatic rings. The van der Waals surface area contributed by atoms with Crippen molar-refractivity contribution in [2.45, 2.75) is 37.0 Å². The van der Waals surface area contributed by atoms with Crippen LogP contribution in [0.2, 0.25) is 0 Å². The molecule has 0 bridgehead atoms. The molecule has 1 saturated heterocycles. The van der Waals surface area contributed by atoms with Gasteiger partial charge in [0.2, 0.25) is 5.75 Å². The first kappa shape index (κ1) is 22.2. The van der Waals surface area contributed by atoms with Gasteiger partial charge >= 0.3 is 11.9 Å². The van der Waals surface area contributed by atoms with E-state index in [2.05, 4.69) is 15.0 Å². The van der Waals surface area contributed by atoms with Gasteiger partial charge in [-0.3, -0.25) is 9.36 Å². The lowest BCUT2D eigenvalue weighted by molar-refractivity contribution is -0.138. The number of nitrogens with two attached hydrogens (primary N) is 2. The molecule has 0 saturated carbocycles. The summed E-state index contributed by atoms with van der Waals surface area (Å²) in [7, 11) is -0.819. The highest BCUT2D eigenvalue weighted by atomic mass is 32.2. The zero-order valence-electron chi connectivity index (χ0n) is 15.7. The van der Waals surface area contributed by atoms with Crippen LogP contribution in [0.1, 0.15) is 12.6 Å². The monoisotopic (exact) mass is 443 g/mol. The van der Waals surface area contributed by atoms with Gasteiger partial charge in [-0.2, -0.15) is 0 Å². The fourth-order valence-corrected chi connectivity index (χ4v) is 5.30. The van der Waals surface area contributed by atoms with Crippen LogP contribution in [0.5, 0.6) is 0 Å². The lowest BCUT2D eigenvalue weighted by Crippen LogP contribution is -2.39. The number of hydrogen-bond acceptors (Lipinski definition) is 10. The van der Waals surface area contributed by atoms with Gasteiger partial charge < -0.3 is 36.6 Å². The largest absolute Gasteiger partial charge is 0.480 e. The Morgan fingerprint density at radius 2 is 1.97 bits per heavy atom. The van der Waals surface area contributed by atoms with Crippen molar-refractivity contribution in [2.75, 3.05) is 23.0 Å². The van der Waals surface area contributed by atoms with E-state index in [0.717, 1.165) is 0 Å². The third kappa shape index (κ3) is 4.62. The van der Waals surface area contributed by atoms with Gasteiger partial charge in [0, 0.05) is 17.3 Å². The molecule has 3 rings (SSSR count). The zero-order chi connectivity index (χ0) is 22.0. The second-order valence-electron chi connectivity index (χ2n) is 6.88. The molecule has 0 spiro atoms. The minimum Gasteiger partial charge on any atom is -0.480 e. The number of aliphatic hydroxyl groups is 2. The summed E-state index contributed by atoms with van der Waals surface area (Å²) in [5.41, 5.74) is 11.9. The van der Waals surface area contributed by atoms with E-state index in [1.54, 1.807) is 0 Å². The van der Waals surface area contributed by atoms with Crippen molar-refractivity contribution in [3.63, 3.8) is 0 Å². The van der Waals surface area contributed by atoms with Gasteiger partial charge in [0.05, 0.1) is 6.33 Å². The number of carboxylic acid groups (broad SMARTS) is 2. The highest BCUT2D eigenvalue weighted by Crippen LogP contribution is 2.33. The van der Waals surface area contributed by atoms with Crippen LogP contribution in [0.3, 0.4) is 0 Å². The number of hydrogen-bond donors (Lipinski definition) is 6. The van der Waals surface area contributed by atoms with E-state index in [1.807, 2.05) is 0 Å². The van der Waals surface area contributed by atoms with E-state index in [-0.39, 0.29) is 29.5 Å². The van der Waals surface area contributed by atoms with E-state index in [4.69, 9.17) is 26.4 Å². The zero-order valence-corrected chi connectivity index (χ0v) is 16.6. The van der Waals surface area contributed by atoms with Crippen LogP contribution in [0.25, 0.3) is 11.2 Å². The van der Waals surface area contributed by atoms with Crippen LogP contribution in [0.4, 0.5) is 5.82 Å². The second kappa shape index (κ2) is 9.09. The van der Waals surface area contributed by atoms with E-state index >= 15 is 0 Å². The standard InChI is InChI=1S/C16H22N6O7S/c17-7(16(27)28)1-2-30(4-9(23)24)3-8-11(25)12(26)15(29-8)22-6-21-10-13(18)19-5-20-14(10)22/h5-8,11-12,15,25-26H,1-4,17H2,(H3-,18,19,20,23,24,27,28)/p+1/t7-,8+,11+,12+,15+,30?/m0/s1. The number of anilines is 1. The lowest BCUT2D eigenvalue weighted by atomic mass is 10.1. The fraction of sp³-hybridized carbons (Fsp3) is 0.562. The Morgan fingerprint density at radius 3 is 2.63 bits per heavy atom. The summed E-state index contributed by atoms with van der Waals surface area (Å²) in [6.45, 7) is 0.